The van der Waals surface area contributed by atoms with Crippen LogP contribution in [0.1, 0.15) is 22.0 Å². The highest BCUT2D eigenvalue weighted by Gasteiger charge is 2.19. The smallest absolute Gasteiger partial charge is 0.325 e. The van der Waals surface area contributed by atoms with Gasteiger partial charge in [0.1, 0.15) is 11.8 Å². The van der Waals surface area contributed by atoms with Gasteiger partial charge in [0.25, 0.3) is 0 Å². The summed E-state index contributed by atoms with van der Waals surface area (Å²) >= 11 is 0. The normalized spacial score (nSPS) is 12.1. The van der Waals surface area contributed by atoms with Gasteiger partial charge in [-0.2, -0.15) is 0 Å². The number of hydrogen-bond acceptors (Lipinski definition) is 4. The summed E-state index contributed by atoms with van der Waals surface area (Å²) in [6, 6.07) is 2.24. The van der Waals surface area contributed by atoms with Gasteiger partial charge in [-0.1, -0.05) is 0 Å². The molecular formula is C9H10N2O4. The molecule has 0 aromatic heterocycles. The van der Waals surface area contributed by atoms with Crippen LogP contribution in [0.5, 0.6) is 5.75 Å². The van der Waals surface area contributed by atoms with E-state index in [9.17, 15) is 14.7 Å². The molecule has 15 heavy (non-hydrogen) atoms. The third-order valence-corrected chi connectivity index (χ3v) is 1.91. The fourth-order valence-electron chi connectivity index (χ4n) is 1.09. The van der Waals surface area contributed by atoms with Crippen LogP contribution in [-0.2, 0) is 4.79 Å². The van der Waals surface area contributed by atoms with Crippen molar-refractivity contribution in [3.05, 3.63) is 29.3 Å². The maximum absolute atomic E-state index is 10.8. The number of primary amides is 1. The number of carboxylic acid groups (broad SMARTS) is 1. The van der Waals surface area contributed by atoms with Gasteiger partial charge in [0.2, 0.25) is 5.91 Å². The minimum absolute atomic E-state index is 0.0428. The summed E-state index contributed by atoms with van der Waals surface area (Å²) in [7, 11) is 0. The molecule has 0 saturated carbocycles. The monoisotopic (exact) mass is 210 g/mol. The van der Waals surface area contributed by atoms with E-state index >= 15 is 0 Å². The third kappa shape index (κ3) is 2.23. The molecule has 0 aliphatic heterocycles. The van der Waals surface area contributed by atoms with Crippen LogP contribution in [-0.4, -0.2) is 22.1 Å². The molecule has 0 aliphatic carbocycles. The predicted molar refractivity (Wildman–Crippen MR) is 51.2 cm³/mol. The van der Waals surface area contributed by atoms with Crippen LogP contribution in [0.3, 0.4) is 0 Å². The molecule has 0 unspecified atom stereocenters. The summed E-state index contributed by atoms with van der Waals surface area (Å²) < 4.78 is 0. The van der Waals surface area contributed by atoms with E-state index in [0.29, 0.717) is 0 Å². The van der Waals surface area contributed by atoms with Crippen LogP contribution < -0.4 is 11.5 Å². The Morgan fingerprint density at radius 1 is 1.33 bits per heavy atom. The molecule has 1 rings (SSSR count). The molecular weight excluding hydrogens is 200 g/mol. The zero-order valence-electron chi connectivity index (χ0n) is 7.68. The number of benzene rings is 1. The molecule has 0 bridgehead atoms. The Balaban J connectivity index is 3.22. The van der Waals surface area contributed by atoms with E-state index in [-0.39, 0.29) is 16.9 Å². The number of phenols is 1. The van der Waals surface area contributed by atoms with Crippen molar-refractivity contribution in [2.24, 2.45) is 11.5 Å². The Kier molecular flexibility index (Phi) is 2.91. The third-order valence-electron chi connectivity index (χ3n) is 1.91. The highest BCUT2D eigenvalue weighted by molar-refractivity contribution is 5.93. The first kappa shape index (κ1) is 11.0. The van der Waals surface area contributed by atoms with E-state index in [4.69, 9.17) is 16.6 Å². The van der Waals surface area contributed by atoms with Crippen molar-refractivity contribution in [1.82, 2.24) is 0 Å². The maximum atomic E-state index is 10.8. The van der Waals surface area contributed by atoms with Crippen LogP contribution in [0.15, 0.2) is 18.2 Å². The highest BCUT2D eigenvalue weighted by atomic mass is 16.4. The van der Waals surface area contributed by atoms with Gasteiger partial charge < -0.3 is 21.7 Å². The fraction of sp³-hybridized carbons (Fsp3) is 0.111. The van der Waals surface area contributed by atoms with Gasteiger partial charge in [0, 0.05) is 11.1 Å². The van der Waals surface area contributed by atoms with E-state index in [1.165, 1.54) is 12.1 Å². The second-order valence-electron chi connectivity index (χ2n) is 2.95. The summed E-state index contributed by atoms with van der Waals surface area (Å²) in [5.74, 6) is -2.30. The van der Waals surface area contributed by atoms with Crippen LogP contribution >= 0.6 is 0 Å². The molecule has 0 aliphatic rings. The number of aromatic hydroxyl groups is 1. The summed E-state index contributed by atoms with van der Waals surface area (Å²) in [6.07, 6.45) is 0. The summed E-state index contributed by atoms with van der Waals surface area (Å²) in [5, 5.41) is 18.0. The second-order valence-corrected chi connectivity index (χ2v) is 2.95. The minimum atomic E-state index is -1.38. The van der Waals surface area contributed by atoms with Gasteiger partial charge >= 0.3 is 5.97 Å². The van der Waals surface area contributed by atoms with Gasteiger partial charge in [-0.3, -0.25) is 9.59 Å². The van der Waals surface area contributed by atoms with Crippen molar-refractivity contribution in [1.29, 1.82) is 0 Å². The molecule has 6 heteroatoms. The molecule has 80 valence electrons. The first-order valence-electron chi connectivity index (χ1n) is 4.04. The van der Waals surface area contributed by atoms with Gasteiger partial charge in [-0.15, -0.1) is 0 Å². The lowest BCUT2D eigenvalue weighted by atomic mass is 10.0. The predicted octanol–water partition coefficient (Wildman–Crippen LogP) is -0.425. The van der Waals surface area contributed by atoms with Gasteiger partial charge in [0.05, 0.1) is 0 Å². The van der Waals surface area contributed by atoms with Crippen molar-refractivity contribution in [3.63, 3.8) is 0 Å². The van der Waals surface area contributed by atoms with Crippen molar-refractivity contribution in [2.45, 2.75) is 6.04 Å². The number of carbonyl (C=O) groups excluding carboxylic acids is 1. The lowest BCUT2D eigenvalue weighted by Gasteiger charge is -2.09. The highest BCUT2D eigenvalue weighted by Crippen LogP contribution is 2.23. The van der Waals surface area contributed by atoms with E-state index in [1.54, 1.807) is 0 Å². The SMILES string of the molecule is NC(=O)c1ccc(O)c([C@H](N)C(=O)O)c1. The molecule has 1 aromatic rings. The maximum Gasteiger partial charge on any atom is 0.325 e. The number of carboxylic acids is 1. The summed E-state index contributed by atoms with van der Waals surface area (Å²) in [4.78, 5) is 21.4. The van der Waals surface area contributed by atoms with E-state index < -0.39 is 17.9 Å². The van der Waals surface area contributed by atoms with Crippen molar-refractivity contribution < 1.29 is 19.8 Å². The van der Waals surface area contributed by atoms with Gasteiger partial charge in [-0.05, 0) is 18.2 Å². The van der Waals surface area contributed by atoms with E-state index in [0.717, 1.165) is 6.07 Å². The average molecular weight is 210 g/mol. The van der Waals surface area contributed by atoms with Crippen LogP contribution in [0, 0.1) is 0 Å². The molecule has 0 fully saturated rings. The van der Waals surface area contributed by atoms with Crippen molar-refractivity contribution >= 4 is 11.9 Å². The number of phenolic OH excluding ortho intramolecular Hbond substituents is 1. The summed E-state index contributed by atoms with van der Waals surface area (Å²) in [5.41, 5.74) is 10.4. The first-order valence-corrected chi connectivity index (χ1v) is 4.04. The van der Waals surface area contributed by atoms with Crippen LogP contribution in [0.2, 0.25) is 0 Å². The number of rotatable bonds is 3. The molecule has 6 nitrogen and oxygen atoms in total. The van der Waals surface area contributed by atoms with Gasteiger partial charge in [0.15, 0.2) is 0 Å². The van der Waals surface area contributed by atoms with E-state index in [2.05, 4.69) is 0 Å². The Morgan fingerprint density at radius 3 is 2.40 bits per heavy atom. The van der Waals surface area contributed by atoms with Gasteiger partial charge in [-0.25, -0.2) is 0 Å². The van der Waals surface area contributed by atoms with E-state index in [1.807, 2.05) is 0 Å². The number of aliphatic carboxylic acids is 1. The zero-order chi connectivity index (χ0) is 11.6. The average Bonchev–Trinajstić information content (AvgIpc) is 2.16. The number of hydrogen-bond donors (Lipinski definition) is 4. The number of nitrogens with two attached hydrogens (primary N) is 2. The fourth-order valence-corrected chi connectivity index (χ4v) is 1.09. The molecule has 1 aromatic carbocycles. The molecule has 6 N–H and O–H groups in total. The van der Waals surface area contributed by atoms with Crippen molar-refractivity contribution in [3.8, 4) is 5.75 Å². The molecule has 0 saturated heterocycles. The minimum Gasteiger partial charge on any atom is -0.508 e. The molecule has 0 spiro atoms. The van der Waals surface area contributed by atoms with Crippen molar-refractivity contribution in [2.75, 3.05) is 0 Å². The molecule has 0 radical (unpaired) electrons. The molecule has 0 heterocycles. The Bertz CT molecular complexity index is 417. The molecule has 1 atom stereocenters. The Labute approximate surface area is 85.1 Å². The zero-order valence-corrected chi connectivity index (χ0v) is 7.68. The number of amides is 1. The van der Waals surface area contributed by atoms with Crippen LogP contribution in [0.4, 0.5) is 0 Å². The largest absolute Gasteiger partial charge is 0.508 e. The quantitative estimate of drug-likeness (QED) is 0.538. The molecule has 1 amide bonds. The lowest BCUT2D eigenvalue weighted by molar-refractivity contribution is -0.138. The first-order chi connectivity index (χ1) is 6.93. The van der Waals surface area contributed by atoms with Crippen LogP contribution in [0.25, 0.3) is 0 Å². The number of carbonyl (C=O) groups is 2. The Hall–Kier alpha value is -2.08. The lowest BCUT2D eigenvalue weighted by Crippen LogP contribution is -2.21. The Morgan fingerprint density at radius 2 is 1.93 bits per heavy atom. The second kappa shape index (κ2) is 3.97. The standard InChI is InChI=1S/C9H10N2O4/c10-7(9(14)15)5-3-4(8(11)13)1-2-6(5)12/h1-3,7,12H,10H2,(H2,11,13)(H,14,15)/t7-/m0/s1. The topological polar surface area (TPSA) is 127 Å². The summed E-state index contributed by atoms with van der Waals surface area (Å²) in [6.45, 7) is 0.